The molecule has 1 unspecified atom stereocenters. The van der Waals surface area contributed by atoms with Crippen LogP contribution >= 0.6 is 0 Å². The number of carbonyl (C=O) groups is 3. The molecule has 0 bridgehead atoms. The van der Waals surface area contributed by atoms with Gasteiger partial charge in [0.05, 0.1) is 0 Å². The Labute approximate surface area is 511 Å². The summed E-state index contributed by atoms with van der Waals surface area (Å²) in [5.74, 6) is -0.911. The van der Waals surface area contributed by atoms with Crippen LogP contribution in [-0.4, -0.2) is 37.2 Å². The van der Waals surface area contributed by atoms with Crippen LogP contribution in [0.2, 0.25) is 0 Å². The van der Waals surface area contributed by atoms with Gasteiger partial charge in [-0.2, -0.15) is 0 Å². The van der Waals surface area contributed by atoms with Crippen molar-refractivity contribution in [2.75, 3.05) is 13.2 Å². The van der Waals surface area contributed by atoms with Crippen molar-refractivity contribution in [3.63, 3.8) is 0 Å². The quantitative estimate of drug-likeness (QED) is 0.0261. The Morgan fingerprint density at radius 1 is 0.253 bits per heavy atom. The Hall–Kier alpha value is -4.97. The highest BCUT2D eigenvalue weighted by molar-refractivity contribution is 5.71. The van der Waals surface area contributed by atoms with E-state index >= 15 is 0 Å². The molecule has 0 saturated heterocycles. The van der Waals surface area contributed by atoms with Crippen molar-refractivity contribution in [2.24, 2.45) is 0 Å². The third kappa shape index (κ3) is 67.7. The SMILES string of the molecule is CC/C=C\C/C=C\C/C=C\C/C=C\C/C=C\C/C=C\C/C=C\CCCCCCCCCCCC(=O)OCC(COC(=O)CCCCCCC)OC(=O)CCCCCCCCCCCC/C=C\C/C=C\C/C=C\C/C=C\C/C=C\C/C=C\CC. The van der Waals surface area contributed by atoms with Gasteiger partial charge in [-0.1, -0.05) is 301 Å². The molecule has 0 aromatic heterocycles. The second-order valence-corrected chi connectivity index (χ2v) is 22.0. The predicted octanol–water partition coefficient (Wildman–Crippen LogP) is 23.7. The van der Waals surface area contributed by atoms with Gasteiger partial charge in [-0.15, -0.1) is 0 Å². The van der Waals surface area contributed by atoms with E-state index in [4.69, 9.17) is 14.2 Å². The van der Waals surface area contributed by atoms with Crippen LogP contribution in [0.25, 0.3) is 0 Å². The average molecular weight is 1150 g/mol. The molecule has 468 valence electrons. The zero-order valence-electron chi connectivity index (χ0n) is 53.7. The summed E-state index contributed by atoms with van der Waals surface area (Å²) in [6, 6.07) is 0. The fourth-order valence-electron chi connectivity index (χ4n) is 9.01. The normalized spacial score (nSPS) is 13.1. The summed E-state index contributed by atoms with van der Waals surface area (Å²) in [4.78, 5) is 38.0. The van der Waals surface area contributed by atoms with E-state index in [9.17, 15) is 14.4 Å². The molecule has 6 heteroatoms. The van der Waals surface area contributed by atoms with Gasteiger partial charge in [0, 0.05) is 19.3 Å². The standard InChI is InChI=1S/C77H124O6/c1-4-7-10-13-15-17-19-21-23-25-27-29-31-33-35-37-38-40-41-43-45-47-49-51-53-55-57-59-61-64-67-70-76(79)82-73-74(72-81-75(78)69-66-63-12-9-6-3)83-77(80)71-68-65-62-60-58-56-54-52-50-48-46-44-42-39-36-34-32-30-28-26-24-22-20-18-16-14-11-8-5-2/h7-8,10-11,15-18,21-24,27-30,33-36,38,40,42-45,74H,4-6,9,12-14,19-20,25-26,31-32,37,39,41,46-73H2,1-3H3/b10-7-,11-8-,17-15-,18-16-,23-21-,24-22-,29-27-,30-28-,35-33-,36-34-,40-38-,44-42-,45-43-. The third-order valence-electron chi connectivity index (χ3n) is 14.0. The van der Waals surface area contributed by atoms with E-state index in [2.05, 4.69) is 179 Å². The molecular weight excluding hydrogens is 1020 g/mol. The van der Waals surface area contributed by atoms with E-state index in [-0.39, 0.29) is 31.1 Å². The third-order valence-corrected chi connectivity index (χ3v) is 14.0. The number of rotatable bonds is 60. The number of ether oxygens (including phenoxy) is 3. The summed E-state index contributed by atoms with van der Waals surface area (Å²) in [5, 5.41) is 0. The lowest BCUT2D eigenvalue weighted by molar-refractivity contribution is -0.167. The first-order chi connectivity index (χ1) is 41.0. The maximum Gasteiger partial charge on any atom is 0.306 e. The Kier molecular flexibility index (Phi) is 65.4. The number of esters is 3. The van der Waals surface area contributed by atoms with Gasteiger partial charge in [0.25, 0.3) is 0 Å². The van der Waals surface area contributed by atoms with Crippen LogP contribution in [0, 0.1) is 0 Å². The molecule has 1 atom stereocenters. The van der Waals surface area contributed by atoms with Gasteiger partial charge in [0.1, 0.15) is 13.2 Å². The van der Waals surface area contributed by atoms with Gasteiger partial charge in [-0.3, -0.25) is 14.4 Å². The summed E-state index contributed by atoms with van der Waals surface area (Å²) >= 11 is 0. The van der Waals surface area contributed by atoms with E-state index in [1.807, 2.05) is 0 Å². The van der Waals surface area contributed by atoms with Gasteiger partial charge >= 0.3 is 17.9 Å². The topological polar surface area (TPSA) is 78.9 Å². The Morgan fingerprint density at radius 2 is 0.470 bits per heavy atom. The molecule has 0 spiro atoms. The van der Waals surface area contributed by atoms with E-state index < -0.39 is 6.10 Å². The summed E-state index contributed by atoms with van der Waals surface area (Å²) < 4.78 is 16.8. The van der Waals surface area contributed by atoms with Crippen molar-refractivity contribution in [1.29, 1.82) is 0 Å². The second-order valence-electron chi connectivity index (χ2n) is 22.0. The van der Waals surface area contributed by atoms with Gasteiger partial charge < -0.3 is 14.2 Å². The highest BCUT2D eigenvalue weighted by Crippen LogP contribution is 2.16. The largest absolute Gasteiger partial charge is 0.462 e. The second kappa shape index (κ2) is 69.5. The molecule has 0 aliphatic carbocycles. The van der Waals surface area contributed by atoms with Crippen LogP contribution in [0.15, 0.2) is 158 Å². The minimum atomic E-state index is -0.787. The van der Waals surface area contributed by atoms with Crippen LogP contribution in [-0.2, 0) is 28.6 Å². The molecule has 0 aromatic carbocycles. The molecule has 0 amide bonds. The van der Waals surface area contributed by atoms with Gasteiger partial charge in [0.15, 0.2) is 6.10 Å². The monoisotopic (exact) mass is 1140 g/mol. The average Bonchev–Trinajstić information content (AvgIpc) is 3.49. The molecule has 0 aliphatic heterocycles. The summed E-state index contributed by atoms with van der Waals surface area (Å²) in [7, 11) is 0. The molecular formula is C77H124O6. The number of allylic oxidation sites excluding steroid dienone is 26. The molecule has 0 N–H and O–H groups in total. The van der Waals surface area contributed by atoms with E-state index in [1.165, 1.54) is 96.3 Å². The first-order valence-corrected chi connectivity index (χ1v) is 34.0. The van der Waals surface area contributed by atoms with E-state index in [0.717, 1.165) is 154 Å². The van der Waals surface area contributed by atoms with Crippen LogP contribution in [0.5, 0.6) is 0 Å². The lowest BCUT2D eigenvalue weighted by Gasteiger charge is -2.18. The summed E-state index contributed by atoms with van der Waals surface area (Å²) in [5.41, 5.74) is 0. The van der Waals surface area contributed by atoms with Crippen molar-refractivity contribution in [2.45, 2.75) is 297 Å². The zero-order valence-corrected chi connectivity index (χ0v) is 53.7. The molecule has 0 rings (SSSR count). The Bertz CT molecular complexity index is 1840. The van der Waals surface area contributed by atoms with Crippen LogP contribution < -0.4 is 0 Å². The maximum absolute atomic E-state index is 12.9. The van der Waals surface area contributed by atoms with Crippen molar-refractivity contribution >= 4 is 17.9 Å². The predicted molar refractivity (Wildman–Crippen MR) is 362 cm³/mol. The number of unbranched alkanes of at least 4 members (excludes halogenated alkanes) is 23. The zero-order chi connectivity index (χ0) is 59.9. The minimum Gasteiger partial charge on any atom is -0.462 e. The summed E-state index contributed by atoms with van der Waals surface area (Å²) in [6.07, 6.45) is 102. The van der Waals surface area contributed by atoms with Crippen LogP contribution in [0.3, 0.4) is 0 Å². The van der Waals surface area contributed by atoms with Crippen molar-refractivity contribution < 1.29 is 28.6 Å². The number of carbonyl (C=O) groups excluding carboxylic acids is 3. The lowest BCUT2D eigenvalue weighted by atomic mass is 10.0. The summed E-state index contributed by atoms with van der Waals surface area (Å²) in [6.45, 7) is 6.32. The van der Waals surface area contributed by atoms with Crippen molar-refractivity contribution in [1.82, 2.24) is 0 Å². The first-order valence-electron chi connectivity index (χ1n) is 34.0. The van der Waals surface area contributed by atoms with E-state index in [0.29, 0.717) is 19.3 Å². The maximum atomic E-state index is 12.9. The van der Waals surface area contributed by atoms with Crippen LogP contribution in [0.4, 0.5) is 0 Å². The molecule has 0 saturated carbocycles. The highest BCUT2D eigenvalue weighted by Gasteiger charge is 2.19. The number of hydrogen-bond donors (Lipinski definition) is 0. The van der Waals surface area contributed by atoms with Gasteiger partial charge in [-0.25, -0.2) is 0 Å². The smallest absolute Gasteiger partial charge is 0.306 e. The molecule has 0 aliphatic rings. The van der Waals surface area contributed by atoms with Crippen LogP contribution in [0.1, 0.15) is 290 Å². The Morgan fingerprint density at radius 3 is 0.735 bits per heavy atom. The highest BCUT2D eigenvalue weighted by atomic mass is 16.6. The Balaban J connectivity index is 4.08. The molecule has 83 heavy (non-hydrogen) atoms. The first kappa shape index (κ1) is 78.0. The molecule has 0 heterocycles. The van der Waals surface area contributed by atoms with E-state index in [1.54, 1.807) is 0 Å². The molecule has 0 fully saturated rings. The van der Waals surface area contributed by atoms with Gasteiger partial charge in [-0.05, 0) is 128 Å². The molecule has 0 aromatic rings. The molecule has 6 nitrogen and oxygen atoms in total. The van der Waals surface area contributed by atoms with Crippen molar-refractivity contribution in [3.8, 4) is 0 Å². The minimum absolute atomic E-state index is 0.0862. The number of hydrogen-bond acceptors (Lipinski definition) is 6. The molecule has 0 radical (unpaired) electrons. The van der Waals surface area contributed by atoms with Gasteiger partial charge in [0.2, 0.25) is 0 Å². The fourth-order valence-corrected chi connectivity index (χ4v) is 9.01. The van der Waals surface area contributed by atoms with Crippen molar-refractivity contribution in [3.05, 3.63) is 158 Å². The fraction of sp³-hybridized carbons (Fsp3) is 0.623. The lowest BCUT2D eigenvalue weighted by Crippen LogP contribution is -2.30.